The first-order valence-corrected chi connectivity index (χ1v) is 9.12. The first kappa shape index (κ1) is 20.2. The van der Waals surface area contributed by atoms with E-state index in [1.54, 1.807) is 12.1 Å². The largest absolute Gasteiger partial charge is 0.482 e. The number of ether oxygens (including phenoxy) is 1. The molecule has 1 N–H and O–H groups in total. The van der Waals surface area contributed by atoms with Crippen LogP contribution in [-0.2, 0) is 0 Å². The Morgan fingerprint density at radius 2 is 2.03 bits per heavy atom. The number of nitrogens with one attached hydrogen (secondary N) is 1. The molecule has 7 nitrogen and oxygen atoms in total. The van der Waals surface area contributed by atoms with E-state index >= 15 is 0 Å². The summed E-state index contributed by atoms with van der Waals surface area (Å²) in [6, 6.07) is 7.20. The van der Waals surface area contributed by atoms with Crippen LogP contribution in [0.1, 0.15) is 10.4 Å². The Balaban J connectivity index is 1.61. The maximum Gasteiger partial charge on any atom is 0.422 e. The molecule has 0 radical (unpaired) electrons. The summed E-state index contributed by atoms with van der Waals surface area (Å²) in [7, 11) is 0. The highest BCUT2D eigenvalue weighted by atomic mass is 35.5. The van der Waals surface area contributed by atoms with Crippen molar-refractivity contribution in [3.63, 3.8) is 0 Å². The van der Waals surface area contributed by atoms with Crippen molar-refractivity contribution in [3.05, 3.63) is 47.1 Å². The van der Waals surface area contributed by atoms with Gasteiger partial charge in [-0.1, -0.05) is 11.6 Å². The monoisotopic (exact) mass is 443 g/mol. The molecule has 1 aromatic carbocycles. The molecule has 1 aliphatic rings. The molecule has 3 aromatic rings. The highest BCUT2D eigenvalue weighted by molar-refractivity contribution is 6.30. The number of halogens is 5. The third-order valence-electron chi connectivity index (χ3n) is 4.29. The Morgan fingerprint density at radius 1 is 1.27 bits per heavy atom. The summed E-state index contributed by atoms with van der Waals surface area (Å²) in [5.74, 6) is -0.614. The third-order valence-corrected chi connectivity index (χ3v) is 4.51. The Kier molecular flexibility index (Phi) is 5.14. The average molecular weight is 444 g/mol. The second-order valence-electron chi connectivity index (χ2n) is 6.63. The van der Waals surface area contributed by atoms with Crippen LogP contribution in [0.2, 0.25) is 5.02 Å². The summed E-state index contributed by atoms with van der Waals surface area (Å²) >= 11 is 5.90. The lowest BCUT2D eigenvalue weighted by Gasteiger charge is -2.34. The fourth-order valence-corrected chi connectivity index (χ4v) is 3.00. The summed E-state index contributed by atoms with van der Waals surface area (Å²) in [6.45, 7) is -1.65. The first-order chi connectivity index (χ1) is 14.2. The Hall–Kier alpha value is -3.08. The molecule has 0 bridgehead atoms. The molecule has 0 unspecified atom stereocenters. The van der Waals surface area contributed by atoms with Crippen molar-refractivity contribution in [1.82, 2.24) is 19.5 Å². The number of aromatic nitrogens is 3. The van der Waals surface area contributed by atoms with E-state index in [4.69, 9.17) is 16.3 Å². The molecule has 2 aromatic heterocycles. The van der Waals surface area contributed by atoms with Crippen LogP contribution in [0.5, 0.6) is 5.75 Å². The van der Waals surface area contributed by atoms with E-state index in [9.17, 15) is 22.4 Å². The maximum atomic E-state index is 13.0. The molecular weight excluding hydrogens is 430 g/mol. The fourth-order valence-electron chi connectivity index (χ4n) is 2.84. The van der Waals surface area contributed by atoms with Gasteiger partial charge in [-0.3, -0.25) is 4.79 Å². The average Bonchev–Trinajstić information content (AvgIpc) is 3.05. The number of benzene rings is 1. The number of fused-ring (bicyclic) bond motifs is 1. The quantitative estimate of drug-likeness (QED) is 0.606. The van der Waals surface area contributed by atoms with Gasteiger partial charge >= 0.3 is 6.18 Å². The number of nitrogens with zero attached hydrogens (tertiary/aromatic N) is 4. The number of anilines is 2. The Bertz CT molecular complexity index is 1100. The topological polar surface area (TPSA) is 71.8 Å². The van der Waals surface area contributed by atoms with Crippen molar-refractivity contribution in [2.45, 2.75) is 12.3 Å². The number of likely N-dealkylation sites (tertiary alicyclic amines) is 1. The van der Waals surface area contributed by atoms with Crippen LogP contribution in [0.15, 0.2) is 36.5 Å². The van der Waals surface area contributed by atoms with Crippen molar-refractivity contribution in [2.75, 3.05) is 25.0 Å². The molecule has 4 rings (SSSR count). The minimum absolute atomic E-state index is 0.0503. The predicted octanol–water partition coefficient (Wildman–Crippen LogP) is 3.86. The molecule has 12 heteroatoms. The van der Waals surface area contributed by atoms with Crippen LogP contribution >= 0.6 is 11.6 Å². The molecule has 158 valence electrons. The second kappa shape index (κ2) is 7.63. The van der Waals surface area contributed by atoms with E-state index < -0.39 is 24.9 Å². The second-order valence-corrected chi connectivity index (χ2v) is 7.07. The molecule has 0 atom stereocenters. The Labute approximate surface area is 172 Å². The van der Waals surface area contributed by atoms with Crippen LogP contribution in [0.25, 0.3) is 5.65 Å². The van der Waals surface area contributed by atoms with Crippen LogP contribution in [0.3, 0.4) is 0 Å². The minimum atomic E-state index is -4.58. The highest BCUT2D eigenvalue weighted by Gasteiger charge is 2.32. The van der Waals surface area contributed by atoms with Crippen LogP contribution in [-0.4, -0.2) is 57.4 Å². The van der Waals surface area contributed by atoms with Crippen molar-refractivity contribution in [1.29, 1.82) is 0 Å². The number of pyridine rings is 1. The first-order valence-electron chi connectivity index (χ1n) is 8.74. The molecule has 1 aliphatic heterocycles. The molecule has 1 saturated heterocycles. The van der Waals surface area contributed by atoms with Gasteiger partial charge in [0.05, 0.1) is 23.8 Å². The molecule has 0 aliphatic carbocycles. The lowest BCUT2D eigenvalue weighted by atomic mass is 10.1. The van der Waals surface area contributed by atoms with E-state index in [2.05, 4.69) is 15.4 Å². The van der Waals surface area contributed by atoms with Gasteiger partial charge in [0.25, 0.3) is 5.91 Å². The number of hydrogen-bond acceptors (Lipinski definition) is 5. The van der Waals surface area contributed by atoms with E-state index in [1.165, 1.54) is 33.8 Å². The van der Waals surface area contributed by atoms with Gasteiger partial charge < -0.3 is 15.0 Å². The zero-order valence-electron chi connectivity index (χ0n) is 15.2. The Morgan fingerprint density at radius 3 is 2.73 bits per heavy atom. The van der Waals surface area contributed by atoms with Crippen molar-refractivity contribution in [3.8, 4) is 5.75 Å². The normalized spacial score (nSPS) is 14.6. The lowest BCUT2D eigenvalue weighted by Crippen LogP contribution is -2.51. The number of alkyl halides is 4. The number of carbonyl (C=O) groups excluding carboxylic acids is 1. The lowest BCUT2D eigenvalue weighted by molar-refractivity contribution is -0.153. The molecule has 1 fully saturated rings. The smallest absolute Gasteiger partial charge is 0.422 e. The highest BCUT2D eigenvalue weighted by Crippen LogP contribution is 2.31. The number of rotatable bonds is 5. The molecule has 0 spiro atoms. The number of carbonyl (C=O) groups is 1. The van der Waals surface area contributed by atoms with Crippen molar-refractivity contribution >= 4 is 34.8 Å². The van der Waals surface area contributed by atoms with E-state index in [0.29, 0.717) is 10.7 Å². The molecule has 0 saturated carbocycles. The van der Waals surface area contributed by atoms with Crippen LogP contribution < -0.4 is 10.1 Å². The number of hydrogen-bond donors (Lipinski definition) is 1. The molecule has 3 heterocycles. The standard InChI is InChI=1S/C18H14ClF4N5O2/c19-11-2-4-15-25-17(26-28(15)6-11)24-13-3-1-10(16(29)27-7-12(20)8-27)5-14(13)30-9-18(21,22)23/h1-6,12H,7-9H2,(H,24,26). The minimum Gasteiger partial charge on any atom is -0.482 e. The summed E-state index contributed by atoms with van der Waals surface area (Å²) in [5.41, 5.74) is 0.675. The van der Waals surface area contributed by atoms with Gasteiger partial charge in [-0.2, -0.15) is 18.2 Å². The summed E-state index contributed by atoms with van der Waals surface area (Å²) in [4.78, 5) is 17.8. The van der Waals surface area contributed by atoms with Gasteiger partial charge in [-0.05, 0) is 30.3 Å². The summed E-state index contributed by atoms with van der Waals surface area (Å²) in [6.07, 6.45) is -4.15. The number of amides is 1. The van der Waals surface area contributed by atoms with E-state index in [0.717, 1.165) is 0 Å². The van der Waals surface area contributed by atoms with E-state index in [-0.39, 0.29) is 36.0 Å². The zero-order chi connectivity index (χ0) is 21.5. The summed E-state index contributed by atoms with van der Waals surface area (Å²) in [5, 5.41) is 7.36. The summed E-state index contributed by atoms with van der Waals surface area (Å²) < 4.78 is 57.3. The van der Waals surface area contributed by atoms with Crippen LogP contribution in [0, 0.1) is 0 Å². The van der Waals surface area contributed by atoms with Crippen LogP contribution in [0.4, 0.5) is 29.2 Å². The van der Waals surface area contributed by atoms with Crippen molar-refractivity contribution in [2.24, 2.45) is 0 Å². The van der Waals surface area contributed by atoms with Gasteiger partial charge in [0.2, 0.25) is 5.95 Å². The maximum absolute atomic E-state index is 13.0. The predicted molar refractivity (Wildman–Crippen MR) is 100 cm³/mol. The zero-order valence-corrected chi connectivity index (χ0v) is 15.9. The molecule has 30 heavy (non-hydrogen) atoms. The van der Waals surface area contributed by atoms with Gasteiger partial charge in [-0.15, -0.1) is 5.10 Å². The third kappa shape index (κ3) is 4.40. The fraction of sp³-hybridized carbons (Fsp3) is 0.278. The van der Waals surface area contributed by atoms with Gasteiger partial charge in [0.1, 0.15) is 11.9 Å². The van der Waals surface area contributed by atoms with Gasteiger partial charge in [0.15, 0.2) is 12.3 Å². The molecule has 1 amide bonds. The van der Waals surface area contributed by atoms with E-state index in [1.807, 2.05) is 0 Å². The molecular formula is C18H14ClF4N5O2. The van der Waals surface area contributed by atoms with Gasteiger partial charge in [0, 0.05) is 11.8 Å². The van der Waals surface area contributed by atoms with Crippen molar-refractivity contribution < 1.29 is 27.1 Å². The SMILES string of the molecule is O=C(c1ccc(Nc2nc3ccc(Cl)cn3n2)c(OCC(F)(F)F)c1)N1CC(F)C1. The van der Waals surface area contributed by atoms with Gasteiger partial charge in [-0.25, -0.2) is 8.91 Å².